The highest BCUT2D eigenvalue weighted by Crippen LogP contribution is 2.27. The summed E-state index contributed by atoms with van der Waals surface area (Å²) in [5.74, 6) is -1.34. The minimum atomic E-state index is -0.535. The van der Waals surface area contributed by atoms with Gasteiger partial charge in [-0.3, -0.25) is 4.79 Å². The van der Waals surface area contributed by atoms with E-state index < -0.39 is 11.7 Å². The monoisotopic (exact) mass is 197 g/mol. The van der Waals surface area contributed by atoms with Crippen LogP contribution >= 0.6 is 0 Å². The Balaban J connectivity index is 2.84. The topological polar surface area (TPSA) is 89.8 Å². The van der Waals surface area contributed by atoms with Crippen LogP contribution in [-0.4, -0.2) is 34.4 Å². The number of carbonyl (C=O) groups excluding carboxylic acids is 1. The van der Waals surface area contributed by atoms with Gasteiger partial charge in [0.1, 0.15) is 0 Å². The lowest BCUT2D eigenvalue weighted by Gasteiger charge is -2.05. The zero-order chi connectivity index (χ0) is 10.6. The molecule has 1 rings (SSSR count). The summed E-state index contributed by atoms with van der Waals surface area (Å²) in [6.45, 7) is -0.0702. The molecule has 0 bridgehead atoms. The lowest BCUT2D eigenvalue weighted by molar-refractivity contribution is 0.0941. The molecule has 76 valence electrons. The van der Waals surface area contributed by atoms with Crippen LogP contribution in [0, 0.1) is 0 Å². The van der Waals surface area contributed by atoms with Gasteiger partial charge in [-0.05, 0) is 12.1 Å². The molecule has 0 aliphatic rings. The van der Waals surface area contributed by atoms with Gasteiger partial charge in [0.05, 0.1) is 12.2 Å². The molecule has 0 unspecified atom stereocenters. The highest BCUT2D eigenvalue weighted by molar-refractivity contribution is 5.97. The Kier molecular flexibility index (Phi) is 3.30. The third kappa shape index (κ3) is 2.14. The quantitative estimate of drug-likeness (QED) is 0.506. The van der Waals surface area contributed by atoms with Crippen molar-refractivity contribution in [1.29, 1.82) is 0 Å². The van der Waals surface area contributed by atoms with Gasteiger partial charge in [-0.1, -0.05) is 6.07 Å². The van der Waals surface area contributed by atoms with Gasteiger partial charge in [0, 0.05) is 6.54 Å². The Morgan fingerprint density at radius 2 is 2.07 bits per heavy atom. The van der Waals surface area contributed by atoms with Gasteiger partial charge in [0.25, 0.3) is 5.91 Å². The van der Waals surface area contributed by atoms with Crippen molar-refractivity contribution in [2.75, 3.05) is 13.2 Å². The van der Waals surface area contributed by atoms with Crippen molar-refractivity contribution in [3.05, 3.63) is 23.8 Å². The van der Waals surface area contributed by atoms with Gasteiger partial charge >= 0.3 is 0 Å². The lowest BCUT2D eigenvalue weighted by Crippen LogP contribution is -2.26. The van der Waals surface area contributed by atoms with Crippen molar-refractivity contribution in [2.24, 2.45) is 0 Å². The summed E-state index contributed by atoms with van der Waals surface area (Å²) in [7, 11) is 0. The number of hydrogen-bond acceptors (Lipinski definition) is 4. The summed E-state index contributed by atoms with van der Waals surface area (Å²) in [6.07, 6.45) is 0. The molecule has 5 heteroatoms. The van der Waals surface area contributed by atoms with E-state index in [2.05, 4.69) is 5.32 Å². The van der Waals surface area contributed by atoms with E-state index in [1.807, 2.05) is 0 Å². The number of amides is 1. The van der Waals surface area contributed by atoms with E-state index in [-0.39, 0.29) is 24.5 Å². The molecule has 0 saturated heterocycles. The van der Waals surface area contributed by atoms with Crippen LogP contribution in [-0.2, 0) is 0 Å². The van der Waals surface area contributed by atoms with Gasteiger partial charge in [-0.2, -0.15) is 0 Å². The third-order valence-electron chi connectivity index (χ3n) is 1.66. The van der Waals surface area contributed by atoms with Gasteiger partial charge in [-0.15, -0.1) is 0 Å². The first-order valence-corrected chi connectivity index (χ1v) is 4.07. The number of rotatable bonds is 3. The van der Waals surface area contributed by atoms with Crippen molar-refractivity contribution >= 4 is 5.91 Å². The van der Waals surface area contributed by atoms with E-state index in [4.69, 9.17) is 10.2 Å². The van der Waals surface area contributed by atoms with Crippen LogP contribution in [0.15, 0.2) is 18.2 Å². The second-order valence-corrected chi connectivity index (χ2v) is 2.65. The second-order valence-electron chi connectivity index (χ2n) is 2.65. The van der Waals surface area contributed by atoms with E-state index in [1.54, 1.807) is 0 Å². The first kappa shape index (κ1) is 10.3. The lowest BCUT2D eigenvalue weighted by atomic mass is 10.1. The van der Waals surface area contributed by atoms with Gasteiger partial charge in [-0.25, -0.2) is 0 Å². The summed E-state index contributed by atoms with van der Waals surface area (Å²) in [4.78, 5) is 11.3. The van der Waals surface area contributed by atoms with Crippen molar-refractivity contribution in [3.8, 4) is 11.5 Å². The maximum absolute atomic E-state index is 11.3. The molecular weight excluding hydrogens is 186 g/mol. The van der Waals surface area contributed by atoms with E-state index in [1.165, 1.54) is 18.2 Å². The fourth-order valence-corrected chi connectivity index (χ4v) is 0.979. The largest absolute Gasteiger partial charge is 0.504 e. The Morgan fingerprint density at radius 1 is 1.36 bits per heavy atom. The molecule has 1 amide bonds. The second kappa shape index (κ2) is 4.48. The van der Waals surface area contributed by atoms with Crippen LogP contribution in [0.5, 0.6) is 11.5 Å². The highest BCUT2D eigenvalue weighted by Gasteiger charge is 2.12. The van der Waals surface area contributed by atoms with Crippen LogP contribution in [0.1, 0.15) is 10.4 Å². The Labute approximate surface area is 80.6 Å². The highest BCUT2D eigenvalue weighted by atomic mass is 16.3. The summed E-state index contributed by atoms with van der Waals surface area (Å²) >= 11 is 0. The molecule has 14 heavy (non-hydrogen) atoms. The number of hydrogen-bond donors (Lipinski definition) is 4. The van der Waals surface area contributed by atoms with Gasteiger partial charge < -0.3 is 20.6 Å². The fourth-order valence-electron chi connectivity index (χ4n) is 0.979. The van der Waals surface area contributed by atoms with E-state index in [0.29, 0.717) is 0 Å². The van der Waals surface area contributed by atoms with E-state index in [9.17, 15) is 9.90 Å². The Morgan fingerprint density at radius 3 is 2.71 bits per heavy atom. The zero-order valence-electron chi connectivity index (χ0n) is 7.40. The molecule has 5 nitrogen and oxygen atoms in total. The normalized spacial score (nSPS) is 9.79. The first-order chi connectivity index (χ1) is 6.66. The number of aliphatic hydroxyl groups is 1. The molecule has 0 spiro atoms. The zero-order valence-corrected chi connectivity index (χ0v) is 7.40. The summed E-state index contributed by atoms with van der Waals surface area (Å²) in [5, 5.41) is 29.2. The number of para-hydroxylation sites is 1. The van der Waals surface area contributed by atoms with Crippen molar-refractivity contribution in [3.63, 3.8) is 0 Å². The number of carbonyl (C=O) groups is 1. The third-order valence-corrected chi connectivity index (χ3v) is 1.66. The SMILES string of the molecule is O=C(NCCO)c1cccc(O)c1O. The molecule has 1 aromatic rings. The maximum atomic E-state index is 11.3. The standard InChI is InChI=1S/C9H11NO4/c11-5-4-10-9(14)6-2-1-3-7(12)8(6)13/h1-3,11-13H,4-5H2,(H,10,14). The van der Waals surface area contributed by atoms with Gasteiger partial charge in [0.15, 0.2) is 11.5 Å². The van der Waals surface area contributed by atoms with Crippen molar-refractivity contribution < 1.29 is 20.1 Å². The average Bonchev–Trinajstić information content (AvgIpc) is 2.18. The molecule has 0 saturated carbocycles. The molecule has 4 N–H and O–H groups in total. The maximum Gasteiger partial charge on any atom is 0.255 e. The fraction of sp³-hybridized carbons (Fsp3) is 0.222. The molecule has 0 aliphatic carbocycles. The van der Waals surface area contributed by atoms with Gasteiger partial charge in [0.2, 0.25) is 0 Å². The number of phenolic OH excluding ortho intramolecular Hbond substituents is 2. The minimum Gasteiger partial charge on any atom is -0.504 e. The van der Waals surface area contributed by atoms with Crippen LogP contribution in [0.3, 0.4) is 0 Å². The Bertz CT molecular complexity index is 338. The predicted molar refractivity (Wildman–Crippen MR) is 49.2 cm³/mol. The molecule has 0 heterocycles. The van der Waals surface area contributed by atoms with Crippen molar-refractivity contribution in [2.45, 2.75) is 0 Å². The van der Waals surface area contributed by atoms with Crippen LogP contribution < -0.4 is 5.32 Å². The predicted octanol–water partition coefficient (Wildman–Crippen LogP) is -0.180. The van der Waals surface area contributed by atoms with E-state index >= 15 is 0 Å². The van der Waals surface area contributed by atoms with Crippen LogP contribution in [0.2, 0.25) is 0 Å². The Hall–Kier alpha value is -1.75. The smallest absolute Gasteiger partial charge is 0.255 e. The molecule has 0 aliphatic heterocycles. The van der Waals surface area contributed by atoms with Crippen LogP contribution in [0.4, 0.5) is 0 Å². The number of benzene rings is 1. The summed E-state index contributed by atoms with van der Waals surface area (Å²) < 4.78 is 0. The first-order valence-electron chi connectivity index (χ1n) is 4.07. The van der Waals surface area contributed by atoms with Crippen LogP contribution in [0.25, 0.3) is 0 Å². The summed E-state index contributed by atoms with van der Waals surface area (Å²) in [5.41, 5.74) is -0.0153. The molecule has 0 aromatic heterocycles. The molecule has 0 atom stereocenters. The number of phenols is 2. The summed E-state index contributed by atoms with van der Waals surface area (Å²) in [6, 6.07) is 4.10. The number of aliphatic hydroxyl groups excluding tert-OH is 1. The average molecular weight is 197 g/mol. The minimum absolute atomic E-state index is 0.0153. The molecule has 0 fully saturated rings. The van der Waals surface area contributed by atoms with Crippen molar-refractivity contribution in [1.82, 2.24) is 5.32 Å². The number of aromatic hydroxyl groups is 2. The molecule has 1 aromatic carbocycles. The number of nitrogens with one attached hydrogen (secondary N) is 1. The van der Waals surface area contributed by atoms with E-state index in [0.717, 1.165) is 0 Å². The molecular formula is C9H11NO4. The molecule has 0 radical (unpaired) electrons.